The minimum absolute atomic E-state index is 0.559. The molecule has 0 bridgehead atoms. The lowest BCUT2D eigenvalue weighted by molar-refractivity contribution is 0.389. The standard InChI is InChI=1S/C11H10ClNO/c12-7-6-10-8-11(13-14-10)9-4-2-1-3-5-9/h1-5,8H,6-7H2. The van der Waals surface area contributed by atoms with Crippen LogP contribution in [0.5, 0.6) is 0 Å². The van der Waals surface area contributed by atoms with E-state index in [4.69, 9.17) is 16.1 Å². The number of hydrogen-bond donors (Lipinski definition) is 0. The summed E-state index contributed by atoms with van der Waals surface area (Å²) >= 11 is 5.60. The largest absolute Gasteiger partial charge is 0.361 e. The van der Waals surface area contributed by atoms with Crippen molar-refractivity contribution in [1.82, 2.24) is 5.16 Å². The van der Waals surface area contributed by atoms with Gasteiger partial charge in [0, 0.05) is 23.9 Å². The molecule has 1 heterocycles. The van der Waals surface area contributed by atoms with Gasteiger partial charge in [-0.1, -0.05) is 35.5 Å². The summed E-state index contributed by atoms with van der Waals surface area (Å²) in [5, 5.41) is 3.97. The van der Waals surface area contributed by atoms with Crippen molar-refractivity contribution >= 4 is 11.6 Å². The van der Waals surface area contributed by atoms with Crippen LogP contribution in [0.2, 0.25) is 0 Å². The van der Waals surface area contributed by atoms with E-state index in [1.807, 2.05) is 36.4 Å². The molecule has 0 amide bonds. The maximum absolute atomic E-state index is 5.60. The zero-order valence-corrected chi connectivity index (χ0v) is 8.37. The molecule has 2 nitrogen and oxygen atoms in total. The van der Waals surface area contributed by atoms with E-state index in [1.165, 1.54) is 0 Å². The lowest BCUT2D eigenvalue weighted by Gasteiger charge is -1.91. The maximum atomic E-state index is 5.60. The third kappa shape index (κ3) is 1.96. The first-order valence-corrected chi connectivity index (χ1v) is 5.00. The first kappa shape index (κ1) is 9.28. The van der Waals surface area contributed by atoms with Crippen LogP contribution in [-0.2, 0) is 6.42 Å². The molecule has 0 aliphatic rings. The van der Waals surface area contributed by atoms with Gasteiger partial charge < -0.3 is 4.52 Å². The van der Waals surface area contributed by atoms with Crippen LogP contribution in [-0.4, -0.2) is 11.0 Å². The Morgan fingerprint density at radius 2 is 2.00 bits per heavy atom. The molecule has 14 heavy (non-hydrogen) atoms. The Morgan fingerprint density at radius 3 is 2.71 bits per heavy atom. The Labute approximate surface area is 87.5 Å². The van der Waals surface area contributed by atoms with Crippen LogP contribution in [0.25, 0.3) is 11.3 Å². The van der Waals surface area contributed by atoms with Crippen LogP contribution in [0.3, 0.4) is 0 Å². The van der Waals surface area contributed by atoms with E-state index < -0.39 is 0 Å². The highest BCUT2D eigenvalue weighted by atomic mass is 35.5. The van der Waals surface area contributed by atoms with Gasteiger partial charge in [-0.25, -0.2) is 0 Å². The average Bonchev–Trinajstić information content (AvgIpc) is 2.68. The number of hydrogen-bond acceptors (Lipinski definition) is 2. The van der Waals surface area contributed by atoms with E-state index in [0.717, 1.165) is 23.4 Å². The predicted octanol–water partition coefficient (Wildman–Crippen LogP) is 3.12. The highest BCUT2D eigenvalue weighted by Gasteiger charge is 2.04. The molecular formula is C11H10ClNO. The second kappa shape index (κ2) is 4.29. The molecule has 2 rings (SSSR count). The van der Waals surface area contributed by atoms with Gasteiger partial charge in [0.25, 0.3) is 0 Å². The molecule has 0 atom stereocenters. The first-order chi connectivity index (χ1) is 6.90. The summed E-state index contributed by atoms with van der Waals surface area (Å²) in [7, 11) is 0. The lowest BCUT2D eigenvalue weighted by atomic mass is 10.1. The summed E-state index contributed by atoms with van der Waals surface area (Å²) in [5.41, 5.74) is 1.93. The van der Waals surface area contributed by atoms with Gasteiger partial charge in [-0.05, 0) is 0 Å². The van der Waals surface area contributed by atoms with Crippen molar-refractivity contribution in [3.8, 4) is 11.3 Å². The molecule has 1 aromatic heterocycles. The van der Waals surface area contributed by atoms with E-state index >= 15 is 0 Å². The van der Waals surface area contributed by atoms with Gasteiger partial charge in [-0.2, -0.15) is 0 Å². The highest BCUT2D eigenvalue weighted by molar-refractivity contribution is 6.17. The second-order valence-electron chi connectivity index (χ2n) is 2.98. The molecule has 0 fully saturated rings. The van der Waals surface area contributed by atoms with Crippen LogP contribution in [0.4, 0.5) is 0 Å². The summed E-state index contributed by atoms with van der Waals surface area (Å²) in [5.74, 6) is 1.39. The van der Waals surface area contributed by atoms with Gasteiger partial charge in [0.2, 0.25) is 0 Å². The van der Waals surface area contributed by atoms with Crippen LogP contribution < -0.4 is 0 Å². The van der Waals surface area contributed by atoms with E-state index in [2.05, 4.69) is 5.16 Å². The smallest absolute Gasteiger partial charge is 0.138 e. The monoisotopic (exact) mass is 207 g/mol. The van der Waals surface area contributed by atoms with Crippen molar-refractivity contribution < 1.29 is 4.52 Å². The number of aromatic nitrogens is 1. The number of aryl methyl sites for hydroxylation is 1. The summed E-state index contributed by atoms with van der Waals surface area (Å²) in [6, 6.07) is 11.9. The average molecular weight is 208 g/mol. The van der Waals surface area contributed by atoms with E-state index in [1.54, 1.807) is 0 Å². The maximum Gasteiger partial charge on any atom is 0.138 e. The normalized spacial score (nSPS) is 10.4. The minimum atomic E-state index is 0.559. The fraction of sp³-hybridized carbons (Fsp3) is 0.182. The summed E-state index contributed by atoms with van der Waals surface area (Å²) in [6.45, 7) is 0. The Kier molecular flexibility index (Phi) is 2.84. The van der Waals surface area contributed by atoms with Crippen LogP contribution in [0, 0.1) is 0 Å². The SMILES string of the molecule is ClCCc1cc(-c2ccccc2)no1. The number of benzene rings is 1. The Balaban J connectivity index is 2.25. The van der Waals surface area contributed by atoms with Crippen molar-refractivity contribution in [2.75, 3.05) is 5.88 Å². The van der Waals surface area contributed by atoms with Crippen molar-refractivity contribution in [1.29, 1.82) is 0 Å². The predicted molar refractivity (Wildman–Crippen MR) is 56.4 cm³/mol. The van der Waals surface area contributed by atoms with Crippen molar-refractivity contribution in [3.63, 3.8) is 0 Å². The van der Waals surface area contributed by atoms with Crippen LogP contribution in [0.15, 0.2) is 40.9 Å². The topological polar surface area (TPSA) is 26.0 Å². The van der Waals surface area contributed by atoms with Gasteiger partial charge in [-0.15, -0.1) is 11.6 Å². The highest BCUT2D eigenvalue weighted by Crippen LogP contribution is 2.18. The van der Waals surface area contributed by atoms with Gasteiger partial charge in [0.1, 0.15) is 11.5 Å². The third-order valence-electron chi connectivity index (χ3n) is 1.97. The van der Waals surface area contributed by atoms with Gasteiger partial charge in [0.05, 0.1) is 0 Å². The number of rotatable bonds is 3. The molecule has 0 unspecified atom stereocenters. The molecule has 3 heteroatoms. The number of alkyl halides is 1. The fourth-order valence-electron chi connectivity index (χ4n) is 1.27. The molecule has 0 aliphatic heterocycles. The summed E-state index contributed by atoms with van der Waals surface area (Å²) in [6.07, 6.45) is 0.724. The van der Waals surface area contributed by atoms with Crippen LogP contribution in [0.1, 0.15) is 5.76 Å². The Morgan fingerprint density at radius 1 is 1.21 bits per heavy atom. The Hall–Kier alpha value is -1.28. The second-order valence-corrected chi connectivity index (χ2v) is 3.36. The zero-order valence-electron chi connectivity index (χ0n) is 7.61. The molecule has 0 spiro atoms. The molecule has 1 aromatic carbocycles. The van der Waals surface area contributed by atoms with Crippen molar-refractivity contribution in [2.45, 2.75) is 6.42 Å². The van der Waals surface area contributed by atoms with Crippen LogP contribution >= 0.6 is 11.6 Å². The molecule has 72 valence electrons. The number of halogens is 1. The van der Waals surface area contributed by atoms with Gasteiger partial charge >= 0.3 is 0 Å². The summed E-state index contributed by atoms with van der Waals surface area (Å²) in [4.78, 5) is 0. The van der Waals surface area contributed by atoms with Crippen molar-refractivity contribution in [3.05, 3.63) is 42.2 Å². The first-order valence-electron chi connectivity index (χ1n) is 4.47. The molecule has 0 radical (unpaired) electrons. The van der Waals surface area contributed by atoms with Gasteiger partial charge in [-0.3, -0.25) is 0 Å². The van der Waals surface area contributed by atoms with Crippen molar-refractivity contribution in [2.24, 2.45) is 0 Å². The third-order valence-corrected chi connectivity index (χ3v) is 2.16. The number of nitrogens with zero attached hydrogens (tertiary/aromatic N) is 1. The molecule has 2 aromatic rings. The van der Waals surface area contributed by atoms with E-state index in [0.29, 0.717) is 5.88 Å². The van der Waals surface area contributed by atoms with E-state index in [9.17, 15) is 0 Å². The molecule has 0 saturated heterocycles. The summed E-state index contributed by atoms with van der Waals surface area (Å²) < 4.78 is 5.13. The van der Waals surface area contributed by atoms with E-state index in [-0.39, 0.29) is 0 Å². The Bertz CT molecular complexity index is 397. The minimum Gasteiger partial charge on any atom is -0.361 e. The molecular weight excluding hydrogens is 198 g/mol. The molecule has 0 N–H and O–H groups in total. The molecule has 0 saturated carbocycles. The zero-order chi connectivity index (χ0) is 9.80. The lowest BCUT2D eigenvalue weighted by Crippen LogP contribution is -1.79. The quantitative estimate of drug-likeness (QED) is 0.723. The van der Waals surface area contributed by atoms with Gasteiger partial charge in [0.15, 0.2) is 0 Å². The fourth-order valence-corrected chi connectivity index (χ4v) is 1.46. The molecule has 0 aliphatic carbocycles.